The average molecular weight is 332 g/mol. The Hall–Kier alpha value is -1.76. The Labute approximate surface area is 134 Å². The number of nitrogens with one attached hydrogen (secondary N) is 2. The van der Waals surface area contributed by atoms with Crippen LogP contribution in [0.1, 0.15) is 44.4 Å². The Morgan fingerprint density at radius 1 is 1.17 bits per heavy atom. The van der Waals surface area contributed by atoms with Gasteiger partial charge in [0.05, 0.1) is 11.6 Å². The Balaban J connectivity index is 2.87. The van der Waals surface area contributed by atoms with E-state index in [0.717, 1.165) is 12.1 Å². The zero-order valence-corrected chi connectivity index (χ0v) is 13.8. The van der Waals surface area contributed by atoms with E-state index in [1.165, 1.54) is 12.1 Å². The Kier molecular flexibility index (Phi) is 6.44. The van der Waals surface area contributed by atoms with Crippen LogP contribution in [-0.2, 0) is 10.9 Å². The maximum Gasteiger partial charge on any atom is 0.416 e. The Morgan fingerprint density at radius 3 is 2.17 bits per heavy atom. The number of rotatable bonds is 5. The van der Waals surface area contributed by atoms with E-state index >= 15 is 0 Å². The van der Waals surface area contributed by atoms with Crippen LogP contribution in [0.2, 0.25) is 0 Å². The molecule has 0 aliphatic carbocycles. The maximum atomic E-state index is 12.6. The van der Waals surface area contributed by atoms with E-state index in [9.17, 15) is 18.0 Å². The van der Waals surface area contributed by atoms with Gasteiger partial charge >= 0.3 is 12.3 Å². The lowest BCUT2D eigenvalue weighted by Gasteiger charge is -2.24. The van der Waals surface area contributed by atoms with E-state index < -0.39 is 29.5 Å². The largest absolute Gasteiger partial charge is 0.444 e. The van der Waals surface area contributed by atoms with Gasteiger partial charge in [-0.3, -0.25) is 0 Å². The summed E-state index contributed by atoms with van der Waals surface area (Å²) in [7, 11) is 1.76. The van der Waals surface area contributed by atoms with Crippen molar-refractivity contribution in [1.29, 1.82) is 0 Å². The minimum atomic E-state index is -4.38. The van der Waals surface area contributed by atoms with Crippen molar-refractivity contribution in [3.05, 3.63) is 35.4 Å². The zero-order valence-electron chi connectivity index (χ0n) is 13.8. The summed E-state index contributed by atoms with van der Waals surface area (Å²) in [6.45, 7) is 5.83. The quantitative estimate of drug-likeness (QED) is 0.860. The van der Waals surface area contributed by atoms with Crippen molar-refractivity contribution in [3.8, 4) is 0 Å². The third-order valence-electron chi connectivity index (χ3n) is 3.01. The second-order valence-electron chi connectivity index (χ2n) is 6.21. The Bertz CT molecular complexity index is 508. The molecule has 1 atom stereocenters. The van der Waals surface area contributed by atoms with Crippen molar-refractivity contribution in [1.82, 2.24) is 10.6 Å². The van der Waals surface area contributed by atoms with Crippen LogP contribution in [0.4, 0.5) is 18.0 Å². The Morgan fingerprint density at radius 2 is 1.74 bits per heavy atom. The van der Waals surface area contributed by atoms with Crippen LogP contribution in [0.25, 0.3) is 0 Å². The van der Waals surface area contributed by atoms with E-state index in [1.807, 2.05) is 0 Å². The van der Waals surface area contributed by atoms with Crippen LogP contribution >= 0.6 is 0 Å². The number of carbonyl (C=O) groups excluding carboxylic acids is 1. The normalized spacial score (nSPS) is 13.5. The summed E-state index contributed by atoms with van der Waals surface area (Å²) in [4.78, 5) is 11.9. The minimum absolute atomic E-state index is 0.431. The SMILES string of the molecule is CNCCC(NC(=O)OC(C)(C)C)c1ccc(C(F)(F)F)cc1. The third-order valence-corrected chi connectivity index (χ3v) is 3.01. The first-order valence-electron chi connectivity index (χ1n) is 7.34. The summed E-state index contributed by atoms with van der Waals surface area (Å²) >= 11 is 0. The molecule has 1 unspecified atom stereocenters. The molecule has 1 aromatic rings. The van der Waals surface area contributed by atoms with E-state index in [1.54, 1.807) is 27.8 Å². The zero-order chi connectivity index (χ0) is 17.7. The first-order chi connectivity index (χ1) is 10.5. The second-order valence-corrected chi connectivity index (χ2v) is 6.21. The predicted molar refractivity (Wildman–Crippen MR) is 82.1 cm³/mol. The molecule has 0 saturated heterocycles. The number of amides is 1. The molecule has 2 N–H and O–H groups in total. The summed E-state index contributed by atoms with van der Waals surface area (Å²) in [6, 6.07) is 4.34. The van der Waals surface area contributed by atoms with Crippen molar-refractivity contribution >= 4 is 6.09 Å². The molecule has 0 bridgehead atoms. The van der Waals surface area contributed by atoms with E-state index in [4.69, 9.17) is 4.74 Å². The fourth-order valence-electron chi connectivity index (χ4n) is 1.97. The van der Waals surface area contributed by atoms with Crippen LogP contribution in [0.3, 0.4) is 0 Å². The number of benzene rings is 1. The molecule has 1 aromatic carbocycles. The molecular weight excluding hydrogens is 309 g/mol. The molecule has 1 amide bonds. The van der Waals surface area contributed by atoms with Gasteiger partial charge in [0.15, 0.2) is 0 Å². The monoisotopic (exact) mass is 332 g/mol. The highest BCUT2D eigenvalue weighted by atomic mass is 19.4. The van der Waals surface area contributed by atoms with E-state index in [-0.39, 0.29) is 0 Å². The molecule has 0 radical (unpaired) electrons. The van der Waals surface area contributed by atoms with Gasteiger partial charge in [-0.15, -0.1) is 0 Å². The molecule has 4 nitrogen and oxygen atoms in total. The van der Waals surface area contributed by atoms with Crippen molar-refractivity contribution in [2.45, 2.75) is 45.0 Å². The number of hydrogen-bond donors (Lipinski definition) is 2. The minimum Gasteiger partial charge on any atom is -0.444 e. The molecule has 1 rings (SSSR count). The summed E-state index contributed by atoms with van der Waals surface area (Å²) in [5.74, 6) is 0. The average Bonchev–Trinajstić information content (AvgIpc) is 2.40. The summed E-state index contributed by atoms with van der Waals surface area (Å²) in [6.07, 6.45) is -4.45. The van der Waals surface area contributed by atoms with Crippen LogP contribution < -0.4 is 10.6 Å². The number of alkyl carbamates (subject to hydrolysis) is 1. The van der Waals surface area contributed by atoms with Gasteiger partial charge in [0.25, 0.3) is 0 Å². The van der Waals surface area contributed by atoms with Gasteiger partial charge in [-0.2, -0.15) is 13.2 Å². The highest BCUT2D eigenvalue weighted by molar-refractivity contribution is 5.68. The van der Waals surface area contributed by atoms with Gasteiger partial charge in [0.1, 0.15) is 5.60 Å². The van der Waals surface area contributed by atoms with Crippen molar-refractivity contribution in [2.24, 2.45) is 0 Å². The number of halogens is 3. The molecule has 0 spiro atoms. The number of carbonyl (C=O) groups is 1. The van der Waals surface area contributed by atoms with E-state index in [0.29, 0.717) is 18.5 Å². The smallest absolute Gasteiger partial charge is 0.416 e. The maximum absolute atomic E-state index is 12.6. The number of hydrogen-bond acceptors (Lipinski definition) is 3. The summed E-state index contributed by atoms with van der Waals surface area (Å²) in [5.41, 5.74) is -0.761. The lowest BCUT2D eigenvalue weighted by molar-refractivity contribution is -0.137. The van der Waals surface area contributed by atoms with Crippen LogP contribution in [0.15, 0.2) is 24.3 Å². The van der Waals surface area contributed by atoms with Gasteiger partial charge in [0, 0.05) is 0 Å². The van der Waals surface area contributed by atoms with Crippen molar-refractivity contribution < 1.29 is 22.7 Å². The number of ether oxygens (including phenoxy) is 1. The molecule has 0 aromatic heterocycles. The molecule has 130 valence electrons. The molecule has 0 fully saturated rings. The molecule has 0 saturated carbocycles. The van der Waals surface area contributed by atoms with Crippen LogP contribution in [-0.4, -0.2) is 25.3 Å². The standard InChI is InChI=1S/C16H23F3N2O2/c1-15(2,3)23-14(22)21-13(9-10-20-4)11-5-7-12(8-6-11)16(17,18)19/h5-8,13,20H,9-10H2,1-4H3,(H,21,22). The summed E-state index contributed by atoms with van der Waals surface area (Å²) in [5, 5.41) is 5.65. The van der Waals surface area contributed by atoms with Crippen molar-refractivity contribution in [3.63, 3.8) is 0 Å². The molecule has 7 heteroatoms. The van der Waals surface area contributed by atoms with Gasteiger partial charge in [0.2, 0.25) is 0 Å². The highest BCUT2D eigenvalue weighted by Gasteiger charge is 2.30. The van der Waals surface area contributed by atoms with Crippen molar-refractivity contribution in [2.75, 3.05) is 13.6 Å². The first-order valence-corrected chi connectivity index (χ1v) is 7.34. The van der Waals surface area contributed by atoms with Gasteiger partial charge in [-0.05, 0) is 58.5 Å². The predicted octanol–water partition coefficient (Wildman–Crippen LogP) is 3.88. The van der Waals surface area contributed by atoms with Gasteiger partial charge in [-0.1, -0.05) is 12.1 Å². The van der Waals surface area contributed by atoms with Crippen LogP contribution in [0.5, 0.6) is 0 Å². The van der Waals surface area contributed by atoms with Gasteiger partial charge in [-0.25, -0.2) is 4.79 Å². The van der Waals surface area contributed by atoms with E-state index in [2.05, 4.69) is 10.6 Å². The van der Waals surface area contributed by atoms with Gasteiger partial charge < -0.3 is 15.4 Å². The fraction of sp³-hybridized carbons (Fsp3) is 0.562. The first kappa shape index (κ1) is 19.3. The lowest BCUT2D eigenvalue weighted by Crippen LogP contribution is -2.36. The number of alkyl halides is 3. The second kappa shape index (κ2) is 7.68. The fourth-order valence-corrected chi connectivity index (χ4v) is 1.97. The molecular formula is C16H23F3N2O2. The molecule has 0 aliphatic rings. The summed E-state index contributed by atoms with van der Waals surface area (Å²) < 4.78 is 43.1. The van der Waals surface area contributed by atoms with Crippen LogP contribution in [0, 0.1) is 0 Å². The molecule has 0 heterocycles. The molecule has 23 heavy (non-hydrogen) atoms. The highest BCUT2D eigenvalue weighted by Crippen LogP contribution is 2.30. The molecule has 0 aliphatic heterocycles. The lowest BCUT2D eigenvalue weighted by atomic mass is 10.0. The topological polar surface area (TPSA) is 50.4 Å². The third kappa shape index (κ3) is 6.90.